The number of carbonyl (C=O) groups excluding carboxylic acids is 1. The van der Waals surface area contributed by atoms with Gasteiger partial charge < -0.3 is 20.7 Å². The van der Waals surface area contributed by atoms with Crippen molar-refractivity contribution in [2.75, 3.05) is 32.8 Å². The second-order valence-electron chi connectivity index (χ2n) is 3.36. The van der Waals surface area contributed by atoms with E-state index in [4.69, 9.17) is 4.74 Å². The van der Waals surface area contributed by atoms with Crippen LogP contribution in [-0.4, -0.2) is 44.9 Å². The van der Waals surface area contributed by atoms with Gasteiger partial charge >= 0.3 is 6.03 Å². The van der Waals surface area contributed by atoms with E-state index in [1.54, 1.807) is 0 Å². The Hall–Kier alpha value is -0.810. The number of hydrogen-bond donors (Lipinski definition) is 3. The number of rotatable bonds is 4. The molecule has 0 aliphatic carbocycles. The fraction of sp³-hybridized carbons (Fsp3) is 0.889. The van der Waals surface area contributed by atoms with Crippen molar-refractivity contribution in [3.63, 3.8) is 0 Å². The molecule has 1 heterocycles. The second-order valence-corrected chi connectivity index (χ2v) is 3.36. The Kier molecular flexibility index (Phi) is 5.32. The molecule has 14 heavy (non-hydrogen) atoms. The predicted molar refractivity (Wildman–Crippen MR) is 54.3 cm³/mol. The molecule has 5 nitrogen and oxygen atoms in total. The average Bonchev–Trinajstić information content (AvgIpc) is 2.25. The minimum atomic E-state index is -0.0979. The maximum atomic E-state index is 11.2. The molecule has 0 saturated carbocycles. The first kappa shape index (κ1) is 11.3. The molecule has 5 heteroatoms. The topological polar surface area (TPSA) is 62.4 Å². The van der Waals surface area contributed by atoms with Crippen LogP contribution in [0.25, 0.3) is 0 Å². The largest absolute Gasteiger partial charge is 0.378 e. The van der Waals surface area contributed by atoms with Crippen LogP contribution in [0.3, 0.4) is 0 Å². The predicted octanol–water partition coefficient (Wildman–Crippen LogP) is -0.316. The van der Waals surface area contributed by atoms with Crippen molar-refractivity contribution in [3.05, 3.63) is 0 Å². The third-order valence-electron chi connectivity index (χ3n) is 2.04. The van der Waals surface area contributed by atoms with Gasteiger partial charge in [0.15, 0.2) is 0 Å². The van der Waals surface area contributed by atoms with Crippen LogP contribution in [-0.2, 0) is 4.74 Å². The molecule has 0 aromatic heterocycles. The van der Waals surface area contributed by atoms with E-state index < -0.39 is 0 Å². The van der Waals surface area contributed by atoms with E-state index >= 15 is 0 Å². The summed E-state index contributed by atoms with van der Waals surface area (Å²) in [5, 5.41) is 8.81. The zero-order chi connectivity index (χ0) is 10.2. The van der Waals surface area contributed by atoms with Crippen LogP contribution in [0.5, 0.6) is 0 Å². The summed E-state index contributed by atoms with van der Waals surface area (Å²) in [6, 6.07) is 0.148. The molecule has 1 atom stereocenters. The van der Waals surface area contributed by atoms with Crippen molar-refractivity contribution < 1.29 is 9.53 Å². The monoisotopic (exact) mass is 201 g/mol. The van der Waals surface area contributed by atoms with E-state index in [9.17, 15) is 4.79 Å². The average molecular weight is 201 g/mol. The third-order valence-corrected chi connectivity index (χ3v) is 2.04. The highest BCUT2D eigenvalue weighted by atomic mass is 16.5. The van der Waals surface area contributed by atoms with Gasteiger partial charge in [0.1, 0.15) is 0 Å². The molecule has 0 radical (unpaired) electrons. The normalized spacial score (nSPS) is 21.6. The lowest BCUT2D eigenvalue weighted by Gasteiger charge is -2.23. The molecular weight excluding hydrogens is 182 g/mol. The highest BCUT2D eigenvalue weighted by Crippen LogP contribution is 1.90. The first-order valence-electron chi connectivity index (χ1n) is 5.15. The maximum Gasteiger partial charge on any atom is 0.314 e. The lowest BCUT2D eigenvalue weighted by atomic mass is 10.3. The van der Waals surface area contributed by atoms with Gasteiger partial charge in [-0.05, 0) is 6.42 Å². The summed E-state index contributed by atoms with van der Waals surface area (Å²) < 4.78 is 5.26. The molecule has 1 rings (SSSR count). The molecule has 0 bridgehead atoms. The summed E-state index contributed by atoms with van der Waals surface area (Å²) in [7, 11) is 0. The number of amides is 2. The number of ether oxygens (including phenoxy) is 1. The Morgan fingerprint density at radius 2 is 2.43 bits per heavy atom. The van der Waals surface area contributed by atoms with Crippen LogP contribution >= 0.6 is 0 Å². The molecule has 0 aromatic rings. The maximum absolute atomic E-state index is 11.2. The van der Waals surface area contributed by atoms with Crippen molar-refractivity contribution in [2.24, 2.45) is 0 Å². The van der Waals surface area contributed by atoms with Crippen LogP contribution in [0.4, 0.5) is 4.79 Å². The fourth-order valence-electron chi connectivity index (χ4n) is 1.27. The van der Waals surface area contributed by atoms with E-state index in [0.717, 1.165) is 26.1 Å². The minimum Gasteiger partial charge on any atom is -0.378 e. The van der Waals surface area contributed by atoms with Crippen LogP contribution in [0, 0.1) is 0 Å². The van der Waals surface area contributed by atoms with E-state index in [1.165, 1.54) is 0 Å². The summed E-state index contributed by atoms with van der Waals surface area (Å²) >= 11 is 0. The molecule has 1 fully saturated rings. The van der Waals surface area contributed by atoms with E-state index in [0.29, 0.717) is 13.2 Å². The Morgan fingerprint density at radius 1 is 1.57 bits per heavy atom. The van der Waals surface area contributed by atoms with Crippen LogP contribution in [0.15, 0.2) is 0 Å². The van der Waals surface area contributed by atoms with E-state index in [1.807, 2.05) is 6.92 Å². The van der Waals surface area contributed by atoms with Gasteiger partial charge in [-0.3, -0.25) is 0 Å². The highest BCUT2D eigenvalue weighted by molar-refractivity contribution is 5.73. The van der Waals surface area contributed by atoms with Crippen molar-refractivity contribution in [1.29, 1.82) is 0 Å². The van der Waals surface area contributed by atoms with Crippen LogP contribution in [0.2, 0.25) is 0 Å². The summed E-state index contributed by atoms with van der Waals surface area (Å²) in [6.07, 6.45) is 0.957. The molecule has 0 spiro atoms. The number of urea groups is 1. The standard InChI is InChI=1S/C9H19N3O2/c1-2-3-11-9(13)12-6-8-7-14-5-4-10-8/h8,10H,2-7H2,1H3,(H2,11,12,13). The van der Waals surface area contributed by atoms with Gasteiger partial charge in [-0.1, -0.05) is 6.92 Å². The smallest absolute Gasteiger partial charge is 0.314 e. The fourth-order valence-corrected chi connectivity index (χ4v) is 1.27. The third kappa shape index (κ3) is 4.43. The first-order valence-corrected chi connectivity index (χ1v) is 5.15. The van der Waals surface area contributed by atoms with Gasteiger partial charge in [-0.2, -0.15) is 0 Å². The van der Waals surface area contributed by atoms with Gasteiger partial charge in [-0.15, -0.1) is 0 Å². The van der Waals surface area contributed by atoms with Crippen molar-refractivity contribution in [3.8, 4) is 0 Å². The number of nitrogens with one attached hydrogen (secondary N) is 3. The first-order chi connectivity index (χ1) is 6.83. The van der Waals surface area contributed by atoms with Crippen molar-refractivity contribution in [2.45, 2.75) is 19.4 Å². The number of morpholine rings is 1. The molecule has 2 amide bonds. The zero-order valence-electron chi connectivity index (χ0n) is 8.64. The molecule has 82 valence electrons. The van der Waals surface area contributed by atoms with Gasteiger partial charge in [0.25, 0.3) is 0 Å². The van der Waals surface area contributed by atoms with E-state index in [2.05, 4.69) is 16.0 Å². The SMILES string of the molecule is CCCNC(=O)NCC1COCCN1. The molecule has 1 saturated heterocycles. The van der Waals surface area contributed by atoms with Gasteiger partial charge in [0, 0.05) is 25.7 Å². The van der Waals surface area contributed by atoms with Crippen molar-refractivity contribution in [1.82, 2.24) is 16.0 Å². The summed E-state index contributed by atoms with van der Waals surface area (Å²) in [6.45, 7) is 5.67. The molecule has 0 aromatic carbocycles. The molecule has 3 N–H and O–H groups in total. The van der Waals surface area contributed by atoms with E-state index in [-0.39, 0.29) is 12.1 Å². The van der Waals surface area contributed by atoms with Gasteiger partial charge in [0.2, 0.25) is 0 Å². The quantitative estimate of drug-likeness (QED) is 0.584. The number of hydrogen-bond acceptors (Lipinski definition) is 3. The Bertz CT molecular complexity index is 169. The van der Waals surface area contributed by atoms with Crippen molar-refractivity contribution >= 4 is 6.03 Å². The molecule has 1 aliphatic heterocycles. The second kappa shape index (κ2) is 6.62. The summed E-state index contributed by atoms with van der Waals surface area (Å²) in [4.78, 5) is 11.2. The zero-order valence-corrected chi connectivity index (χ0v) is 8.64. The number of carbonyl (C=O) groups is 1. The Morgan fingerprint density at radius 3 is 3.07 bits per heavy atom. The Balaban J connectivity index is 2.03. The van der Waals surface area contributed by atoms with Gasteiger partial charge in [-0.25, -0.2) is 4.79 Å². The lowest BCUT2D eigenvalue weighted by Crippen LogP contribution is -2.50. The highest BCUT2D eigenvalue weighted by Gasteiger charge is 2.13. The van der Waals surface area contributed by atoms with Crippen LogP contribution < -0.4 is 16.0 Å². The lowest BCUT2D eigenvalue weighted by molar-refractivity contribution is 0.0774. The van der Waals surface area contributed by atoms with Gasteiger partial charge in [0.05, 0.1) is 13.2 Å². The molecule has 1 aliphatic rings. The minimum absolute atomic E-state index is 0.0979. The van der Waals surface area contributed by atoms with Crippen LogP contribution in [0.1, 0.15) is 13.3 Å². The summed E-state index contributed by atoms with van der Waals surface area (Å²) in [5.74, 6) is 0. The molecule has 1 unspecified atom stereocenters. The molecular formula is C9H19N3O2. The Labute approximate surface area is 84.6 Å². The summed E-state index contributed by atoms with van der Waals surface area (Å²) in [5.41, 5.74) is 0.